The van der Waals surface area contributed by atoms with Crippen LogP contribution in [0.4, 0.5) is 5.69 Å². The average molecular weight is 506 g/mol. The van der Waals surface area contributed by atoms with Crippen LogP contribution in [0.15, 0.2) is 83.4 Å². The minimum Gasteiger partial charge on any atom is -0.495 e. The highest BCUT2D eigenvalue weighted by atomic mass is 35.5. The van der Waals surface area contributed by atoms with E-state index in [0.717, 1.165) is 34.2 Å². The van der Waals surface area contributed by atoms with Crippen molar-refractivity contribution in [3.8, 4) is 22.8 Å². The van der Waals surface area contributed by atoms with E-state index < -0.39 is 0 Å². The smallest absolute Gasteiger partial charge is 0.174 e. The van der Waals surface area contributed by atoms with E-state index >= 15 is 0 Å². The molecule has 0 saturated carbocycles. The van der Waals surface area contributed by atoms with E-state index in [-0.39, 0.29) is 12.1 Å². The topological polar surface area (TPSA) is 59.8 Å². The molecule has 4 aromatic rings. The van der Waals surface area contributed by atoms with Crippen LogP contribution in [0.5, 0.6) is 11.5 Å². The lowest BCUT2D eigenvalue weighted by Crippen LogP contribution is -2.29. The van der Waals surface area contributed by atoms with Crippen molar-refractivity contribution >= 4 is 34.6 Å². The summed E-state index contributed by atoms with van der Waals surface area (Å²) in [6.45, 7) is 2.59. The van der Waals surface area contributed by atoms with Crippen molar-refractivity contribution in [2.75, 3.05) is 18.6 Å². The third kappa shape index (κ3) is 4.57. The second-order valence-corrected chi connectivity index (χ2v) is 8.77. The lowest BCUT2D eigenvalue weighted by Gasteiger charge is -2.26. The number of furan rings is 1. The Balaban J connectivity index is 1.55. The Kier molecular flexibility index (Phi) is 6.61. The van der Waals surface area contributed by atoms with Gasteiger partial charge in [0.15, 0.2) is 5.11 Å². The first kappa shape index (κ1) is 23.2. The van der Waals surface area contributed by atoms with Crippen LogP contribution >= 0.6 is 23.8 Å². The number of rotatable bonds is 7. The maximum Gasteiger partial charge on any atom is 0.174 e. The summed E-state index contributed by atoms with van der Waals surface area (Å²) >= 11 is 12.2. The second kappa shape index (κ2) is 9.98. The molecule has 0 radical (unpaired) electrons. The number of thiocarbonyl (C=S) groups is 1. The van der Waals surface area contributed by atoms with E-state index in [1.165, 1.54) is 0 Å². The van der Waals surface area contributed by atoms with Crippen molar-refractivity contribution in [3.05, 3.63) is 95.5 Å². The molecule has 0 amide bonds. The Labute approximate surface area is 214 Å². The lowest BCUT2D eigenvalue weighted by atomic mass is 10.0. The van der Waals surface area contributed by atoms with Crippen molar-refractivity contribution in [3.63, 3.8) is 0 Å². The Morgan fingerprint density at radius 3 is 2.60 bits per heavy atom. The molecule has 1 fully saturated rings. The Morgan fingerprint density at radius 1 is 1.09 bits per heavy atom. The van der Waals surface area contributed by atoms with Gasteiger partial charge in [0, 0.05) is 17.4 Å². The zero-order valence-corrected chi connectivity index (χ0v) is 20.8. The van der Waals surface area contributed by atoms with Crippen LogP contribution in [0.3, 0.4) is 0 Å². The van der Waals surface area contributed by atoms with Gasteiger partial charge in [-0.25, -0.2) is 0 Å². The van der Waals surface area contributed by atoms with Gasteiger partial charge in [0.25, 0.3) is 0 Å². The number of nitrogens with zero attached hydrogens (tertiary/aromatic N) is 2. The van der Waals surface area contributed by atoms with Gasteiger partial charge in [-0.1, -0.05) is 17.7 Å². The van der Waals surface area contributed by atoms with Crippen molar-refractivity contribution in [1.29, 1.82) is 0 Å². The first-order valence-electron chi connectivity index (χ1n) is 11.3. The predicted molar refractivity (Wildman–Crippen MR) is 141 cm³/mol. The molecule has 6 nitrogen and oxygen atoms in total. The molecule has 0 spiro atoms. The summed E-state index contributed by atoms with van der Waals surface area (Å²) in [6.07, 6.45) is 1.78. The molecule has 178 valence electrons. The molecule has 0 unspecified atom stereocenters. The monoisotopic (exact) mass is 505 g/mol. The van der Waals surface area contributed by atoms with Crippen LogP contribution in [0.25, 0.3) is 11.3 Å². The summed E-state index contributed by atoms with van der Waals surface area (Å²) in [7, 11) is 1.59. The van der Waals surface area contributed by atoms with Crippen molar-refractivity contribution in [2.24, 2.45) is 0 Å². The number of hydrogen-bond acceptors (Lipinski definition) is 5. The van der Waals surface area contributed by atoms with Crippen LogP contribution in [-0.2, 0) is 0 Å². The first-order valence-corrected chi connectivity index (χ1v) is 12.0. The molecule has 2 aromatic heterocycles. The maximum atomic E-state index is 6.46. The number of benzene rings is 2. The number of aromatic nitrogens is 1. The zero-order chi connectivity index (χ0) is 24.4. The van der Waals surface area contributed by atoms with Crippen LogP contribution in [0.1, 0.15) is 30.5 Å². The van der Waals surface area contributed by atoms with Gasteiger partial charge in [-0.3, -0.25) is 4.98 Å². The number of ether oxygens (including phenoxy) is 2. The van der Waals surface area contributed by atoms with E-state index in [2.05, 4.69) is 10.3 Å². The number of pyridine rings is 1. The molecule has 2 atom stereocenters. The van der Waals surface area contributed by atoms with E-state index in [1.807, 2.05) is 84.6 Å². The van der Waals surface area contributed by atoms with E-state index in [4.69, 9.17) is 37.7 Å². The summed E-state index contributed by atoms with van der Waals surface area (Å²) < 4.78 is 17.3. The van der Waals surface area contributed by atoms with Gasteiger partial charge in [-0.15, -0.1) is 0 Å². The number of methoxy groups -OCH3 is 1. The highest BCUT2D eigenvalue weighted by Gasteiger charge is 2.42. The van der Waals surface area contributed by atoms with Gasteiger partial charge < -0.3 is 24.1 Å². The van der Waals surface area contributed by atoms with Crippen LogP contribution in [-0.4, -0.2) is 23.8 Å². The molecule has 5 rings (SSSR count). The van der Waals surface area contributed by atoms with Gasteiger partial charge in [-0.05, 0) is 85.9 Å². The molecule has 3 heterocycles. The predicted octanol–water partition coefficient (Wildman–Crippen LogP) is 6.58. The standard InChI is InChI=1S/C27H24ClN3O3S/c1-3-33-19-10-7-17(8-11-19)22-13-14-24(34-22)26-25(21-6-4-5-15-29-21)30-27(35)31(26)18-9-12-23(32-2)20(28)16-18/h4-16,25-26H,3H2,1-2H3,(H,30,35)/t25-,26-/m1/s1. The summed E-state index contributed by atoms with van der Waals surface area (Å²) in [5.74, 6) is 2.94. The Morgan fingerprint density at radius 2 is 1.91 bits per heavy atom. The molecule has 1 aliphatic rings. The van der Waals surface area contributed by atoms with Crippen molar-refractivity contribution in [1.82, 2.24) is 10.3 Å². The van der Waals surface area contributed by atoms with Gasteiger partial charge in [-0.2, -0.15) is 0 Å². The van der Waals surface area contributed by atoms with Crippen molar-refractivity contribution < 1.29 is 13.9 Å². The zero-order valence-electron chi connectivity index (χ0n) is 19.3. The van der Waals surface area contributed by atoms with Gasteiger partial charge in [0.05, 0.1) is 30.5 Å². The Hall–Kier alpha value is -3.55. The van der Waals surface area contributed by atoms with Gasteiger partial charge in [0.1, 0.15) is 29.1 Å². The fourth-order valence-electron chi connectivity index (χ4n) is 4.28. The molecule has 35 heavy (non-hydrogen) atoms. The van der Waals surface area contributed by atoms with Gasteiger partial charge in [0.2, 0.25) is 0 Å². The SMILES string of the molecule is CCOc1ccc(-c2ccc([C@@H]3[C@@H](c4ccccn4)NC(=S)N3c3ccc(OC)c(Cl)c3)o2)cc1. The number of halogens is 1. The molecule has 0 bridgehead atoms. The van der Waals surface area contributed by atoms with Gasteiger partial charge >= 0.3 is 0 Å². The minimum atomic E-state index is -0.279. The third-order valence-electron chi connectivity index (χ3n) is 5.88. The summed E-state index contributed by atoms with van der Waals surface area (Å²) in [6, 6.07) is 22.8. The van der Waals surface area contributed by atoms with Crippen molar-refractivity contribution in [2.45, 2.75) is 19.0 Å². The fourth-order valence-corrected chi connectivity index (χ4v) is 4.87. The molecule has 1 N–H and O–H groups in total. The third-order valence-corrected chi connectivity index (χ3v) is 6.49. The molecule has 0 aliphatic carbocycles. The fraction of sp³-hybridized carbons (Fsp3) is 0.185. The van der Waals surface area contributed by atoms with Crippen LogP contribution < -0.4 is 19.7 Å². The maximum absolute atomic E-state index is 6.46. The van der Waals surface area contributed by atoms with E-state index in [0.29, 0.717) is 22.5 Å². The van der Waals surface area contributed by atoms with Crippen LogP contribution in [0.2, 0.25) is 5.02 Å². The highest BCUT2D eigenvalue weighted by molar-refractivity contribution is 7.80. The first-order chi connectivity index (χ1) is 17.1. The van der Waals surface area contributed by atoms with E-state index in [9.17, 15) is 0 Å². The van der Waals surface area contributed by atoms with E-state index in [1.54, 1.807) is 13.3 Å². The summed E-state index contributed by atoms with van der Waals surface area (Å²) in [4.78, 5) is 6.60. The average Bonchev–Trinajstić information content (AvgIpc) is 3.50. The molecule has 2 aromatic carbocycles. The molecule has 8 heteroatoms. The summed E-state index contributed by atoms with van der Waals surface area (Å²) in [5, 5.41) is 4.49. The quantitative estimate of drug-likeness (QED) is 0.285. The molecule has 1 aliphatic heterocycles. The number of nitrogens with one attached hydrogen (secondary N) is 1. The van der Waals surface area contributed by atoms with Crippen LogP contribution in [0, 0.1) is 0 Å². The molecule has 1 saturated heterocycles. The largest absolute Gasteiger partial charge is 0.495 e. The normalized spacial score (nSPS) is 17.3. The molecular formula is C27H24ClN3O3S. The highest BCUT2D eigenvalue weighted by Crippen LogP contribution is 2.44. The second-order valence-electron chi connectivity index (χ2n) is 7.97. The Bertz CT molecular complexity index is 1330. The number of anilines is 1. The number of hydrogen-bond donors (Lipinski definition) is 1. The summed E-state index contributed by atoms with van der Waals surface area (Å²) in [5.41, 5.74) is 2.65. The lowest BCUT2D eigenvalue weighted by molar-refractivity contribution is 0.340. The molecular weight excluding hydrogens is 482 g/mol. The minimum absolute atomic E-state index is 0.219.